The van der Waals surface area contributed by atoms with Crippen molar-refractivity contribution in [2.75, 3.05) is 19.8 Å². The first-order valence-corrected chi connectivity index (χ1v) is 7.09. The van der Waals surface area contributed by atoms with Gasteiger partial charge in [0.25, 0.3) is 0 Å². The van der Waals surface area contributed by atoms with Crippen molar-refractivity contribution in [3.63, 3.8) is 0 Å². The minimum Gasteiger partial charge on any atom is -0.382 e. The molecule has 0 spiro atoms. The third-order valence-corrected chi connectivity index (χ3v) is 2.68. The molecule has 0 aromatic carbocycles. The van der Waals surface area contributed by atoms with E-state index >= 15 is 0 Å². The zero-order valence-corrected chi connectivity index (χ0v) is 12.2. The lowest BCUT2D eigenvalue weighted by Crippen LogP contribution is -2.45. The quantitative estimate of drug-likeness (QED) is 0.184. The molecule has 0 aromatic rings. The second kappa shape index (κ2) is 12.6. The average Bonchev–Trinajstić information content (AvgIpc) is 2.37. The van der Waals surface area contributed by atoms with E-state index in [0.29, 0.717) is 12.0 Å². The molecule has 0 bridgehead atoms. The maximum absolute atomic E-state index is 5.44. The lowest BCUT2D eigenvalue weighted by Gasteiger charge is -2.16. The van der Waals surface area contributed by atoms with Crippen LogP contribution in [-0.4, -0.2) is 31.8 Å². The van der Waals surface area contributed by atoms with Crippen LogP contribution in [0.1, 0.15) is 52.9 Å². The molecule has 1 atom stereocenters. The van der Waals surface area contributed by atoms with Crippen LogP contribution in [0.15, 0.2) is 4.99 Å². The zero-order valence-electron chi connectivity index (χ0n) is 12.2. The fourth-order valence-electron chi connectivity index (χ4n) is 1.64. The van der Waals surface area contributed by atoms with Crippen LogP contribution in [0.3, 0.4) is 0 Å². The Morgan fingerprint density at radius 1 is 1.28 bits per heavy atom. The van der Waals surface area contributed by atoms with Crippen molar-refractivity contribution in [3.05, 3.63) is 0 Å². The maximum atomic E-state index is 5.44. The van der Waals surface area contributed by atoms with E-state index in [4.69, 9.17) is 10.6 Å². The van der Waals surface area contributed by atoms with Gasteiger partial charge in [0.15, 0.2) is 0 Å². The van der Waals surface area contributed by atoms with Crippen LogP contribution in [0.5, 0.6) is 0 Å². The summed E-state index contributed by atoms with van der Waals surface area (Å²) in [4.78, 5) is 4.37. The number of nitrogens with two attached hydrogens (primary N) is 1. The van der Waals surface area contributed by atoms with Gasteiger partial charge >= 0.3 is 0 Å². The number of unbranched alkanes of at least 4 members (excludes halogenated alkanes) is 2. The number of rotatable bonds is 10. The van der Waals surface area contributed by atoms with Gasteiger partial charge in [-0.2, -0.15) is 0 Å². The highest BCUT2D eigenvalue weighted by atomic mass is 16.5. The number of hydrogen-bond donors (Lipinski definition) is 3. The van der Waals surface area contributed by atoms with E-state index in [0.717, 1.165) is 32.6 Å². The summed E-state index contributed by atoms with van der Waals surface area (Å²) in [5.41, 5.74) is 2.61. The average molecular weight is 258 g/mol. The van der Waals surface area contributed by atoms with Gasteiger partial charge in [-0.1, -0.05) is 26.2 Å². The summed E-state index contributed by atoms with van der Waals surface area (Å²) in [5.74, 6) is 6.12. The van der Waals surface area contributed by atoms with E-state index < -0.39 is 0 Å². The minimum atomic E-state index is 0.401. The van der Waals surface area contributed by atoms with E-state index in [9.17, 15) is 0 Å². The molecule has 18 heavy (non-hydrogen) atoms. The van der Waals surface area contributed by atoms with Gasteiger partial charge in [0.2, 0.25) is 5.96 Å². The molecule has 0 saturated heterocycles. The highest BCUT2D eigenvalue weighted by Gasteiger charge is 2.03. The summed E-state index contributed by atoms with van der Waals surface area (Å²) >= 11 is 0. The fraction of sp³-hybridized carbons (Fsp3) is 0.923. The van der Waals surface area contributed by atoms with Crippen molar-refractivity contribution in [2.45, 2.75) is 58.9 Å². The zero-order chi connectivity index (χ0) is 13.6. The van der Waals surface area contributed by atoms with Crippen LogP contribution in [0.4, 0.5) is 0 Å². The van der Waals surface area contributed by atoms with Gasteiger partial charge in [-0.3, -0.25) is 10.4 Å². The van der Waals surface area contributed by atoms with Crippen LogP contribution in [0.2, 0.25) is 0 Å². The number of nitrogens with one attached hydrogen (secondary N) is 2. The molecule has 0 fully saturated rings. The van der Waals surface area contributed by atoms with E-state index in [1.807, 2.05) is 6.92 Å². The summed E-state index contributed by atoms with van der Waals surface area (Å²) < 4.78 is 5.25. The summed E-state index contributed by atoms with van der Waals surface area (Å²) in [6.07, 6.45) is 5.84. The van der Waals surface area contributed by atoms with E-state index in [2.05, 4.69) is 29.6 Å². The van der Waals surface area contributed by atoms with E-state index in [1.165, 1.54) is 19.3 Å². The Kier molecular flexibility index (Phi) is 12.1. The Morgan fingerprint density at radius 3 is 2.67 bits per heavy atom. The summed E-state index contributed by atoms with van der Waals surface area (Å²) in [6, 6.07) is 0.401. The maximum Gasteiger partial charge on any atom is 0.205 e. The van der Waals surface area contributed by atoms with Gasteiger partial charge in [-0.15, -0.1) is 0 Å². The summed E-state index contributed by atoms with van der Waals surface area (Å²) in [6.45, 7) is 8.61. The molecule has 0 heterocycles. The van der Waals surface area contributed by atoms with Gasteiger partial charge < -0.3 is 10.1 Å². The van der Waals surface area contributed by atoms with Crippen molar-refractivity contribution >= 4 is 5.96 Å². The number of ether oxygens (including phenoxy) is 1. The van der Waals surface area contributed by atoms with Gasteiger partial charge in [0.1, 0.15) is 0 Å². The highest BCUT2D eigenvalue weighted by Crippen LogP contribution is 2.02. The lowest BCUT2D eigenvalue weighted by atomic mass is 10.1. The van der Waals surface area contributed by atoms with Crippen molar-refractivity contribution in [1.82, 2.24) is 10.7 Å². The molecule has 5 heteroatoms. The predicted octanol–water partition coefficient (Wildman–Crippen LogP) is 1.79. The fourth-order valence-corrected chi connectivity index (χ4v) is 1.64. The first kappa shape index (κ1) is 17.2. The lowest BCUT2D eigenvalue weighted by molar-refractivity contribution is 0.146. The van der Waals surface area contributed by atoms with E-state index in [1.54, 1.807) is 0 Å². The van der Waals surface area contributed by atoms with Gasteiger partial charge in [0, 0.05) is 25.8 Å². The van der Waals surface area contributed by atoms with Crippen molar-refractivity contribution in [3.8, 4) is 0 Å². The number of hydrazine groups is 1. The first-order chi connectivity index (χ1) is 8.74. The smallest absolute Gasteiger partial charge is 0.205 e. The molecule has 0 saturated carbocycles. The molecule has 0 aromatic heterocycles. The van der Waals surface area contributed by atoms with E-state index in [-0.39, 0.29) is 0 Å². The largest absolute Gasteiger partial charge is 0.382 e. The molecule has 108 valence electrons. The van der Waals surface area contributed by atoms with Crippen LogP contribution >= 0.6 is 0 Å². The van der Waals surface area contributed by atoms with Gasteiger partial charge in [-0.25, -0.2) is 5.84 Å². The number of aliphatic imine (C=N–C) groups is 1. The Hall–Kier alpha value is -0.810. The van der Waals surface area contributed by atoms with Crippen LogP contribution < -0.4 is 16.6 Å². The van der Waals surface area contributed by atoms with Crippen LogP contribution in [0, 0.1) is 0 Å². The molecule has 1 unspecified atom stereocenters. The minimum absolute atomic E-state index is 0.401. The second-order valence-corrected chi connectivity index (χ2v) is 4.47. The topological polar surface area (TPSA) is 71.7 Å². The predicted molar refractivity (Wildman–Crippen MR) is 77.5 cm³/mol. The number of hydrogen-bond acceptors (Lipinski definition) is 3. The van der Waals surface area contributed by atoms with Crippen molar-refractivity contribution in [1.29, 1.82) is 0 Å². The molecule has 5 nitrogen and oxygen atoms in total. The Bertz CT molecular complexity index is 209. The van der Waals surface area contributed by atoms with Crippen molar-refractivity contribution < 1.29 is 4.74 Å². The third kappa shape index (κ3) is 10.4. The molecule has 0 aliphatic heterocycles. The standard InChI is InChI=1S/C13H30N4O/c1-4-6-7-9-12(3)16-13(17-14)15-10-8-11-18-5-2/h12H,4-11,14H2,1-3H3,(H2,15,16,17). The normalized spacial score (nSPS) is 13.4. The molecular weight excluding hydrogens is 228 g/mol. The summed E-state index contributed by atoms with van der Waals surface area (Å²) in [7, 11) is 0. The Labute approximate surface area is 112 Å². The Balaban J connectivity index is 3.75. The summed E-state index contributed by atoms with van der Waals surface area (Å²) in [5, 5.41) is 3.29. The van der Waals surface area contributed by atoms with Gasteiger partial charge in [0.05, 0.1) is 0 Å². The third-order valence-electron chi connectivity index (χ3n) is 2.68. The van der Waals surface area contributed by atoms with Crippen LogP contribution in [0.25, 0.3) is 0 Å². The first-order valence-electron chi connectivity index (χ1n) is 7.09. The molecule has 0 aliphatic rings. The molecule has 0 radical (unpaired) electrons. The second-order valence-electron chi connectivity index (χ2n) is 4.47. The number of guanidine groups is 1. The number of nitrogens with zero attached hydrogens (tertiary/aromatic N) is 1. The van der Waals surface area contributed by atoms with Crippen LogP contribution in [-0.2, 0) is 4.74 Å². The SMILES string of the molecule is CCCCCC(C)NC(=NCCCOCC)NN. The molecule has 0 rings (SSSR count). The van der Waals surface area contributed by atoms with Gasteiger partial charge in [-0.05, 0) is 26.7 Å². The Morgan fingerprint density at radius 2 is 2.06 bits per heavy atom. The highest BCUT2D eigenvalue weighted by molar-refractivity contribution is 5.79. The molecule has 0 amide bonds. The van der Waals surface area contributed by atoms with Crippen molar-refractivity contribution in [2.24, 2.45) is 10.8 Å². The molecule has 4 N–H and O–H groups in total. The molecular formula is C13H30N4O. The molecule has 0 aliphatic carbocycles. The monoisotopic (exact) mass is 258 g/mol.